The molecule has 0 aliphatic carbocycles. The van der Waals surface area contributed by atoms with Gasteiger partial charge >= 0.3 is 5.23 Å². The van der Waals surface area contributed by atoms with Crippen molar-refractivity contribution in [1.82, 2.24) is 0 Å². The van der Waals surface area contributed by atoms with Gasteiger partial charge in [-0.05, 0) is 57.5 Å². The van der Waals surface area contributed by atoms with E-state index in [1.165, 1.54) is 0 Å². The predicted molar refractivity (Wildman–Crippen MR) is 101 cm³/mol. The van der Waals surface area contributed by atoms with Gasteiger partial charge in [-0.25, -0.2) is 13.4 Å². The summed E-state index contributed by atoms with van der Waals surface area (Å²) in [6.45, 7) is 8.13. The van der Waals surface area contributed by atoms with Crippen LogP contribution in [-0.2, 0) is 14.6 Å². The second-order valence-corrected chi connectivity index (χ2v) is 9.14. The fraction of sp³-hybridized carbons (Fsp3) is 0.350. The Morgan fingerprint density at radius 1 is 1.04 bits per heavy atom. The lowest BCUT2D eigenvalue weighted by Gasteiger charge is -2.21. The van der Waals surface area contributed by atoms with E-state index in [0.717, 1.165) is 16.9 Å². The van der Waals surface area contributed by atoms with E-state index in [-0.39, 0.29) is 22.3 Å². The molecule has 0 bridgehead atoms. The first-order valence-corrected chi connectivity index (χ1v) is 9.95. The summed E-state index contributed by atoms with van der Waals surface area (Å²) in [5.41, 5.74) is 1.59. The van der Waals surface area contributed by atoms with E-state index in [9.17, 15) is 8.42 Å². The lowest BCUT2D eigenvalue weighted by Crippen LogP contribution is -2.22. The maximum Gasteiger partial charge on any atom is 0.310 e. The molecule has 6 heteroatoms. The van der Waals surface area contributed by atoms with Gasteiger partial charge in [0.25, 0.3) is 9.84 Å². The van der Waals surface area contributed by atoms with Crippen molar-refractivity contribution in [3.05, 3.63) is 59.7 Å². The number of sulfone groups is 1. The zero-order valence-electron chi connectivity index (χ0n) is 15.4. The molecule has 1 aliphatic heterocycles. The molecule has 0 spiro atoms. The highest BCUT2D eigenvalue weighted by molar-refractivity contribution is 8.06. The third-order valence-electron chi connectivity index (χ3n) is 3.87. The van der Waals surface area contributed by atoms with Gasteiger partial charge in [0.05, 0.1) is 11.4 Å². The number of ether oxygens (including phenoxy) is 2. The van der Waals surface area contributed by atoms with E-state index >= 15 is 0 Å². The predicted octanol–water partition coefficient (Wildman–Crippen LogP) is 4.07. The van der Waals surface area contributed by atoms with Gasteiger partial charge in [-0.2, -0.15) is 0 Å². The Balaban J connectivity index is 1.72. The molecule has 2 aromatic carbocycles. The van der Waals surface area contributed by atoms with Crippen molar-refractivity contribution in [1.29, 1.82) is 0 Å². The van der Waals surface area contributed by atoms with Crippen molar-refractivity contribution < 1.29 is 17.9 Å². The summed E-state index contributed by atoms with van der Waals surface area (Å²) in [5, 5.41) is -0.221. The van der Waals surface area contributed by atoms with Crippen LogP contribution in [0.25, 0.3) is 0 Å². The Hall–Kier alpha value is -2.34. The molecule has 1 atom stereocenters. The van der Waals surface area contributed by atoms with Crippen LogP contribution < -0.4 is 4.74 Å². The van der Waals surface area contributed by atoms with Gasteiger partial charge in [0.2, 0.25) is 0 Å². The van der Waals surface area contributed by atoms with Crippen molar-refractivity contribution in [2.45, 2.75) is 44.3 Å². The summed E-state index contributed by atoms with van der Waals surface area (Å²) in [4.78, 5) is 4.31. The maximum atomic E-state index is 12.7. The highest BCUT2D eigenvalue weighted by Crippen LogP contribution is 2.29. The van der Waals surface area contributed by atoms with E-state index < -0.39 is 15.9 Å². The smallest absolute Gasteiger partial charge is 0.310 e. The fourth-order valence-corrected chi connectivity index (χ4v) is 3.78. The van der Waals surface area contributed by atoms with E-state index in [0.29, 0.717) is 0 Å². The molecule has 0 saturated carbocycles. The van der Waals surface area contributed by atoms with Gasteiger partial charge in [0.1, 0.15) is 17.5 Å². The number of benzene rings is 2. The minimum atomic E-state index is -3.73. The Bertz CT molecular complexity index is 908. The molecular weight excluding hydrogens is 350 g/mol. The van der Waals surface area contributed by atoms with Gasteiger partial charge in [0, 0.05) is 0 Å². The number of nitrogens with zero attached hydrogens (tertiary/aromatic N) is 1. The van der Waals surface area contributed by atoms with Gasteiger partial charge in [0.15, 0.2) is 0 Å². The van der Waals surface area contributed by atoms with Crippen LogP contribution in [-0.4, -0.2) is 25.8 Å². The number of hydrogen-bond acceptors (Lipinski definition) is 5. The molecular formula is C20H23NO4S. The fourth-order valence-electron chi connectivity index (χ4n) is 2.60. The van der Waals surface area contributed by atoms with Gasteiger partial charge < -0.3 is 9.47 Å². The lowest BCUT2D eigenvalue weighted by atomic mass is 10.1. The van der Waals surface area contributed by atoms with E-state index in [2.05, 4.69) is 4.99 Å². The summed E-state index contributed by atoms with van der Waals surface area (Å²) in [6.07, 6.45) is -0.408. The topological polar surface area (TPSA) is 65.0 Å². The summed E-state index contributed by atoms with van der Waals surface area (Å²) >= 11 is 0. The molecule has 2 aromatic rings. The van der Waals surface area contributed by atoms with Gasteiger partial charge in [-0.3, -0.25) is 0 Å². The summed E-state index contributed by atoms with van der Waals surface area (Å²) in [7, 11) is -3.73. The summed E-state index contributed by atoms with van der Waals surface area (Å²) < 4.78 is 36.8. The number of rotatable bonds is 3. The molecule has 0 fully saturated rings. The van der Waals surface area contributed by atoms with Crippen LogP contribution in [0.15, 0.2) is 58.4 Å². The molecule has 0 amide bonds. The molecule has 1 aliphatic rings. The molecule has 1 heterocycles. The van der Waals surface area contributed by atoms with Crippen LogP contribution in [0.3, 0.4) is 0 Å². The monoisotopic (exact) mass is 373 g/mol. The first-order chi connectivity index (χ1) is 12.1. The minimum Gasteiger partial charge on any atom is -0.488 e. The number of aliphatic imine (C=N–C) groups is 1. The summed E-state index contributed by atoms with van der Waals surface area (Å²) in [6, 6.07) is 14.1. The second kappa shape index (κ2) is 6.76. The lowest BCUT2D eigenvalue weighted by molar-refractivity contribution is 0.131. The molecule has 138 valence electrons. The van der Waals surface area contributed by atoms with Gasteiger partial charge in [-0.15, -0.1) is 0 Å². The van der Waals surface area contributed by atoms with E-state index in [1.54, 1.807) is 24.3 Å². The largest absolute Gasteiger partial charge is 0.488 e. The highest BCUT2D eigenvalue weighted by Gasteiger charge is 2.32. The Morgan fingerprint density at radius 2 is 1.65 bits per heavy atom. The normalized spacial score (nSPS) is 17.5. The maximum absolute atomic E-state index is 12.7. The highest BCUT2D eigenvalue weighted by atomic mass is 32.2. The van der Waals surface area contributed by atoms with Gasteiger partial charge in [-0.1, -0.05) is 29.8 Å². The van der Waals surface area contributed by atoms with Crippen LogP contribution in [0.5, 0.6) is 5.75 Å². The standard InChI is InChI=1S/C20H23NO4S/c1-14-5-11-17(12-6-14)26(22,23)19-21-13-18(24-19)15-7-9-16(10-8-15)25-20(2,3)4/h5-12,18H,13H2,1-4H3/t18-/m1/s1. The molecule has 0 radical (unpaired) electrons. The van der Waals surface area contributed by atoms with Crippen LogP contribution in [0.2, 0.25) is 0 Å². The zero-order valence-corrected chi connectivity index (χ0v) is 16.2. The van der Waals surface area contributed by atoms with Crippen LogP contribution in [0.4, 0.5) is 0 Å². The third kappa shape index (κ3) is 4.07. The SMILES string of the molecule is Cc1ccc(S(=O)(=O)C2=NC[C@H](c3ccc(OC(C)(C)C)cc3)O2)cc1. The molecule has 26 heavy (non-hydrogen) atoms. The van der Waals surface area contributed by atoms with Crippen LogP contribution in [0.1, 0.15) is 38.0 Å². The Labute approximate surface area is 154 Å². The van der Waals surface area contributed by atoms with Crippen molar-refractivity contribution in [2.75, 3.05) is 6.54 Å². The minimum absolute atomic E-state index is 0.191. The summed E-state index contributed by atoms with van der Waals surface area (Å²) in [5.74, 6) is 0.757. The average molecular weight is 373 g/mol. The molecule has 3 rings (SSSR count). The molecule has 0 aromatic heterocycles. The van der Waals surface area contributed by atoms with Crippen LogP contribution >= 0.6 is 0 Å². The van der Waals surface area contributed by atoms with Crippen molar-refractivity contribution >= 4 is 15.1 Å². The molecule has 0 N–H and O–H groups in total. The average Bonchev–Trinajstić information content (AvgIpc) is 3.05. The molecule has 5 nitrogen and oxygen atoms in total. The van der Waals surface area contributed by atoms with Crippen LogP contribution in [0, 0.1) is 6.92 Å². The van der Waals surface area contributed by atoms with Crippen molar-refractivity contribution in [3.63, 3.8) is 0 Å². The van der Waals surface area contributed by atoms with E-state index in [1.807, 2.05) is 52.0 Å². The quantitative estimate of drug-likeness (QED) is 0.813. The Morgan fingerprint density at radius 3 is 2.23 bits per heavy atom. The zero-order chi connectivity index (χ0) is 18.9. The number of aryl methyl sites for hydroxylation is 1. The molecule has 0 unspecified atom stereocenters. The first-order valence-electron chi connectivity index (χ1n) is 8.47. The van der Waals surface area contributed by atoms with E-state index in [4.69, 9.17) is 9.47 Å². The van der Waals surface area contributed by atoms with Crippen molar-refractivity contribution in [2.24, 2.45) is 4.99 Å². The number of hydrogen-bond donors (Lipinski definition) is 0. The molecule has 0 saturated heterocycles. The van der Waals surface area contributed by atoms with Crippen molar-refractivity contribution in [3.8, 4) is 5.75 Å². The second-order valence-electron chi connectivity index (χ2n) is 7.31. The third-order valence-corrected chi connectivity index (χ3v) is 5.44. The first kappa shape index (κ1) is 18.5. The Kier molecular flexibility index (Phi) is 4.80.